The number of thiophene rings is 1. The summed E-state index contributed by atoms with van der Waals surface area (Å²) in [7, 11) is 0. The summed E-state index contributed by atoms with van der Waals surface area (Å²) < 4.78 is 0. The molecule has 0 atom stereocenters. The molecule has 7 heteroatoms. The third-order valence-electron chi connectivity index (χ3n) is 5.73. The van der Waals surface area contributed by atoms with Gasteiger partial charge in [-0.3, -0.25) is 4.79 Å². The molecule has 3 aromatic rings. The second-order valence-electron chi connectivity index (χ2n) is 7.46. The van der Waals surface area contributed by atoms with Gasteiger partial charge >= 0.3 is 0 Å². The van der Waals surface area contributed by atoms with Gasteiger partial charge < -0.3 is 15.1 Å². The fourth-order valence-corrected chi connectivity index (χ4v) is 4.91. The van der Waals surface area contributed by atoms with E-state index < -0.39 is 0 Å². The van der Waals surface area contributed by atoms with Crippen LogP contribution in [0.3, 0.4) is 0 Å². The van der Waals surface area contributed by atoms with Crippen LogP contribution in [0.1, 0.15) is 33.3 Å². The van der Waals surface area contributed by atoms with Crippen LogP contribution in [-0.2, 0) is 6.54 Å². The van der Waals surface area contributed by atoms with Crippen molar-refractivity contribution in [2.24, 2.45) is 0 Å². The number of nitrogens with one attached hydrogen (secondary N) is 1. The Kier molecular flexibility index (Phi) is 5.78. The molecule has 152 valence electrons. The summed E-state index contributed by atoms with van der Waals surface area (Å²) in [5.74, 6) is 0.910. The van der Waals surface area contributed by atoms with Crippen molar-refractivity contribution in [1.29, 1.82) is 0 Å². The Bertz CT molecular complexity index is 1020. The van der Waals surface area contributed by atoms with Crippen LogP contribution >= 0.6 is 11.3 Å². The number of hydrogen-bond acceptors (Lipinski definition) is 6. The highest BCUT2D eigenvalue weighted by atomic mass is 32.1. The third kappa shape index (κ3) is 3.97. The number of anilines is 1. The molecule has 0 bridgehead atoms. The smallest absolute Gasteiger partial charge is 0.261 e. The van der Waals surface area contributed by atoms with Gasteiger partial charge in [0, 0.05) is 32.7 Å². The normalized spacial score (nSPS) is 15.1. The number of hydrogen-bond donors (Lipinski definition) is 1. The second kappa shape index (κ2) is 8.47. The topological polar surface area (TPSA) is 61.4 Å². The van der Waals surface area contributed by atoms with E-state index >= 15 is 0 Å². The van der Waals surface area contributed by atoms with E-state index in [0.717, 1.165) is 64.8 Å². The summed E-state index contributed by atoms with van der Waals surface area (Å²) in [6.45, 7) is 11.8. The first-order valence-electron chi connectivity index (χ1n) is 10.1. The summed E-state index contributed by atoms with van der Waals surface area (Å²) >= 11 is 1.45. The van der Waals surface area contributed by atoms with Gasteiger partial charge in [0.25, 0.3) is 5.91 Å². The molecule has 6 nitrogen and oxygen atoms in total. The van der Waals surface area contributed by atoms with Gasteiger partial charge in [0.1, 0.15) is 17.0 Å². The maximum absolute atomic E-state index is 12.9. The van der Waals surface area contributed by atoms with Crippen molar-refractivity contribution >= 4 is 33.3 Å². The number of rotatable bonds is 5. The molecule has 1 aromatic carbocycles. The van der Waals surface area contributed by atoms with E-state index in [0.29, 0.717) is 6.54 Å². The monoisotopic (exact) mass is 409 g/mol. The summed E-state index contributed by atoms with van der Waals surface area (Å²) in [5, 5.41) is 4.09. The molecule has 0 unspecified atom stereocenters. The molecule has 1 fully saturated rings. The highest BCUT2D eigenvalue weighted by Crippen LogP contribution is 2.35. The second-order valence-corrected chi connectivity index (χ2v) is 8.46. The highest BCUT2D eigenvalue weighted by Gasteiger charge is 2.24. The molecule has 1 N–H and O–H groups in total. The first-order chi connectivity index (χ1) is 14.1. The summed E-state index contributed by atoms with van der Waals surface area (Å²) in [6.07, 6.45) is 1.62. The Balaban J connectivity index is 1.57. The Morgan fingerprint density at radius 2 is 1.90 bits per heavy atom. The van der Waals surface area contributed by atoms with Gasteiger partial charge in [-0.05, 0) is 37.1 Å². The predicted molar refractivity (Wildman–Crippen MR) is 119 cm³/mol. The van der Waals surface area contributed by atoms with E-state index in [2.05, 4.69) is 45.0 Å². The summed E-state index contributed by atoms with van der Waals surface area (Å²) in [4.78, 5) is 28.3. The van der Waals surface area contributed by atoms with Crippen molar-refractivity contribution in [3.8, 4) is 0 Å². The molecule has 0 saturated carbocycles. The number of carbonyl (C=O) groups excluding carboxylic acids is 1. The number of aryl methyl sites for hydroxylation is 2. The van der Waals surface area contributed by atoms with Crippen LogP contribution in [0.25, 0.3) is 10.2 Å². The lowest BCUT2D eigenvalue weighted by Gasteiger charge is -2.35. The SMILES string of the molecule is CCN1CCN(c2ncnc3sc(C(=O)NCc4ccccc4C)c(C)c23)CC1. The number of piperazine rings is 1. The molecule has 0 aliphatic carbocycles. The number of benzene rings is 1. The molecule has 1 aliphatic rings. The Hall–Kier alpha value is -2.51. The molecular formula is C22H27N5OS. The fraction of sp³-hybridized carbons (Fsp3) is 0.409. The Morgan fingerprint density at radius 3 is 2.62 bits per heavy atom. The minimum absolute atomic E-state index is 0.0458. The predicted octanol–water partition coefficient (Wildman–Crippen LogP) is 3.38. The highest BCUT2D eigenvalue weighted by molar-refractivity contribution is 7.20. The van der Waals surface area contributed by atoms with Gasteiger partial charge in [-0.1, -0.05) is 31.2 Å². The lowest BCUT2D eigenvalue weighted by molar-refractivity contribution is 0.0954. The number of nitrogens with zero attached hydrogens (tertiary/aromatic N) is 4. The maximum Gasteiger partial charge on any atom is 0.261 e. The van der Waals surface area contributed by atoms with Crippen molar-refractivity contribution in [2.45, 2.75) is 27.3 Å². The molecule has 0 spiro atoms. The average molecular weight is 410 g/mol. The molecule has 0 radical (unpaired) electrons. The molecule has 1 saturated heterocycles. The van der Waals surface area contributed by atoms with Crippen LogP contribution < -0.4 is 10.2 Å². The molecular weight excluding hydrogens is 382 g/mol. The zero-order chi connectivity index (χ0) is 20.4. The molecule has 4 rings (SSSR count). The van der Waals surface area contributed by atoms with Crippen LogP contribution in [0.5, 0.6) is 0 Å². The van der Waals surface area contributed by atoms with Gasteiger partial charge in [-0.15, -0.1) is 11.3 Å². The van der Waals surface area contributed by atoms with Crippen molar-refractivity contribution in [3.63, 3.8) is 0 Å². The van der Waals surface area contributed by atoms with E-state index in [1.165, 1.54) is 16.9 Å². The average Bonchev–Trinajstić information content (AvgIpc) is 3.10. The number of amides is 1. The van der Waals surface area contributed by atoms with E-state index in [1.807, 2.05) is 25.1 Å². The van der Waals surface area contributed by atoms with E-state index in [-0.39, 0.29) is 5.91 Å². The van der Waals surface area contributed by atoms with Crippen LogP contribution in [-0.4, -0.2) is 53.5 Å². The number of likely N-dealkylation sites (N-methyl/N-ethyl adjacent to an activating group) is 1. The first kappa shape index (κ1) is 19.8. The van der Waals surface area contributed by atoms with Crippen molar-refractivity contribution in [1.82, 2.24) is 20.2 Å². The van der Waals surface area contributed by atoms with Gasteiger partial charge in [0.2, 0.25) is 0 Å². The molecule has 2 aromatic heterocycles. The van der Waals surface area contributed by atoms with Crippen LogP contribution in [0.15, 0.2) is 30.6 Å². The largest absolute Gasteiger partial charge is 0.353 e. The lowest BCUT2D eigenvalue weighted by atomic mass is 10.1. The van der Waals surface area contributed by atoms with Gasteiger partial charge in [-0.2, -0.15) is 0 Å². The number of aromatic nitrogens is 2. The Morgan fingerprint density at radius 1 is 1.14 bits per heavy atom. The van der Waals surface area contributed by atoms with Crippen molar-refractivity contribution in [3.05, 3.63) is 52.2 Å². The molecule has 1 aliphatic heterocycles. The Labute approximate surface area is 175 Å². The lowest BCUT2D eigenvalue weighted by Crippen LogP contribution is -2.46. The third-order valence-corrected chi connectivity index (χ3v) is 6.93. The zero-order valence-electron chi connectivity index (χ0n) is 17.2. The van der Waals surface area contributed by atoms with Crippen molar-refractivity contribution < 1.29 is 4.79 Å². The first-order valence-corrected chi connectivity index (χ1v) is 10.9. The van der Waals surface area contributed by atoms with Crippen LogP contribution in [0.2, 0.25) is 0 Å². The minimum Gasteiger partial charge on any atom is -0.353 e. The summed E-state index contributed by atoms with van der Waals surface area (Å²) in [5.41, 5.74) is 3.29. The molecule has 3 heterocycles. The van der Waals surface area contributed by atoms with E-state index in [4.69, 9.17) is 0 Å². The molecule has 1 amide bonds. The zero-order valence-corrected chi connectivity index (χ0v) is 18.1. The fourth-order valence-electron chi connectivity index (χ4n) is 3.85. The summed E-state index contributed by atoms with van der Waals surface area (Å²) in [6, 6.07) is 8.12. The number of fused-ring (bicyclic) bond motifs is 1. The standard InChI is InChI=1S/C22H27N5OS/c1-4-26-9-11-27(12-10-26)20-18-16(3)19(29-22(18)25-14-24-20)21(28)23-13-17-8-6-5-7-15(17)2/h5-8,14H,4,9-13H2,1-3H3,(H,23,28). The van der Waals surface area contributed by atoms with Crippen LogP contribution in [0.4, 0.5) is 5.82 Å². The van der Waals surface area contributed by atoms with Gasteiger partial charge in [0.05, 0.1) is 10.3 Å². The maximum atomic E-state index is 12.9. The van der Waals surface area contributed by atoms with E-state index in [1.54, 1.807) is 6.33 Å². The van der Waals surface area contributed by atoms with Gasteiger partial charge in [0.15, 0.2) is 0 Å². The number of carbonyl (C=O) groups is 1. The minimum atomic E-state index is -0.0458. The van der Waals surface area contributed by atoms with Crippen molar-refractivity contribution in [2.75, 3.05) is 37.6 Å². The van der Waals surface area contributed by atoms with Gasteiger partial charge in [-0.25, -0.2) is 9.97 Å². The quantitative estimate of drug-likeness (QED) is 0.700. The molecule has 29 heavy (non-hydrogen) atoms. The van der Waals surface area contributed by atoms with E-state index in [9.17, 15) is 4.79 Å². The van der Waals surface area contributed by atoms with Crippen LogP contribution in [0, 0.1) is 13.8 Å².